The van der Waals surface area contributed by atoms with Crippen LogP contribution in [0, 0.1) is 5.82 Å². The van der Waals surface area contributed by atoms with E-state index in [0.29, 0.717) is 45.3 Å². The second kappa shape index (κ2) is 10.6. The molecule has 1 heterocycles. The fourth-order valence-corrected chi connectivity index (χ4v) is 5.89. The van der Waals surface area contributed by atoms with Gasteiger partial charge in [0, 0.05) is 28.3 Å². The summed E-state index contributed by atoms with van der Waals surface area (Å²) in [5.41, 5.74) is 4.57. The van der Waals surface area contributed by atoms with Crippen molar-refractivity contribution in [3.63, 3.8) is 0 Å². The number of amides is 1. The third-order valence-electron chi connectivity index (χ3n) is 7.59. The van der Waals surface area contributed by atoms with E-state index in [4.69, 9.17) is 16.3 Å². The zero-order valence-corrected chi connectivity index (χ0v) is 22.5. The highest BCUT2D eigenvalue weighted by atomic mass is 35.5. The van der Waals surface area contributed by atoms with Gasteiger partial charge < -0.3 is 10.1 Å². The lowest BCUT2D eigenvalue weighted by Gasteiger charge is -2.35. The molecule has 7 heteroatoms. The van der Waals surface area contributed by atoms with Crippen LogP contribution in [-0.2, 0) is 4.79 Å². The number of allylic oxidation sites excluding steroid dienone is 1. The van der Waals surface area contributed by atoms with Gasteiger partial charge in [-0.25, -0.2) is 4.39 Å². The summed E-state index contributed by atoms with van der Waals surface area (Å²) in [7, 11) is 1.57. The quantitative estimate of drug-likeness (QED) is 0.282. The van der Waals surface area contributed by atoms with E-state index < -0.39 is 6.04 Å². The Morgan fingerprint density at radius 2 is 1.62 bits per heavy atom. The van der Waals surface area contributed by atoms with Gasteiger partial charge in [-0.3, -0.25) is 14.5 Å². The number of carbonyl (C=O) groups is 2. The number of fused-ring (bicyclic) bond motifs is 1. The maximum Gasteiger partial charge on any atom is 0.259 e. The molecule has 0 saturated carbocycles. The molecule has 1 amide bonds. The van der Waals surface area contributed by atoms with Gasteiger partial charge in [0.15, 0.2) is 5.78 Å². The van der Waals surface area contributed by atoms with E-state index in [0.717, 1.165) is 11.3 Å². The number of nitrogens with zero attached hydrogens (tertiary/aromatic N) is 1. The molecule has 200 valence electrons. The maximum absolute atomic E-state index is 14.4. The average molecular weight is 553 g/mol. The minimum Gasteiger partial charge on any atom is -0.497 e. The molecule has 6 rings (SSSR count). The van der Waals surface area contributed by atoms with Crippen LogP contribution >= 0.6 is 11.6 Å². The average Bonchev–Trinajstić information content (AvgIpc) is 3.12. The molecule has 2 aliphatic rings. The number of nitrogens with one attached hydrogen (secondary N) is 1. The Morgan fingerprint density at radius 1 is 0.925 bits per heavy atom. The second-order valence-electron chi connectivity index (χ2n) is 9.94. The standard InChI is InChI=1S/C33H26ClFN2O3/c1-40-24-16-12-21(13-17-24)33(39)37-29-9-5-4-8-27(29)36-28-18-22(20-10-14-23(35)15-11-20)19-30(38)31(28)32(37)25-6-2-3-7-26(25)34/h2-17,22,32,36H,18-19H2,1H3/t22-,32-/m0/s1. The smallest absolute Gasteiger partial charge is 0.259 e. The molecular weight excluding hydrogens is 527 g/mol. The molecule has 40 heavy (non-hydrogen) atoms. The van der Waals surface area contributed by atoms with Gasteiger partial charge in [0.1, 0.15) is 11.6 Å². The van der Waals surface area contributed by atoms with Gasteiger partial charge in [0.25, 0.3) is 5.91 Å². The molecule has 0 spiro atoms. The molecule has 5 nitrogen and oxygen atoms in total. The summed E-state index contributed by atoms with van der Waals surface area (Å²) in [6.45, 7) is 0. The first kappa shape index (κ1) is 25.8. The number of carbonyl (C=O) groups excluding carboxylic acids is 2. The highest BCUT2D eigenvalue weighted by Crippen LogP contribution is 2.49. The SMILES string of the molecule is COc1ccc(C(=O)N2c3ccccc3NC3=C(C(=O)C[C@@H](c4ccc(F)cc4)C3)[C@@H]2c2ccccc2Cl)cc1. The maximum atomic E-state index is 14.4. The molecule has 0 radical (unpaired) electrons. The van der Waals surface area contributed by atoms with Crippen molar-refractivity contribution in [2.45, 2.75) is 24.8 Å². The number of rotatable bonds is 4. The van der Waals surface area contributed by atoms with Crippen molar-refractivity contribution in [1.82, 2.24) is 0 Å². The van der Waals surface area contributed by atoms with Gasteiger partial charge in [-0.15, -0.1) is 0 Å². The minimum atomic E-state index is -0.767. The molecule has 0 saturated heterocycles. The summed E-state index contributed by atoms with van der Waals surface area (Å²) in [6.07, 6.45) is 0.751. The van der Waals surface area contributed by atoms with Crippen molar-refractivity contribution in [3.8, 4) is 5.75 Å². The lowest BCUT2D eigenvalue weighted by atomic mass is 9.78. The number of halogens is 2. The Hall–Kier alpha value is -4.42. The number of benzene rings is 4. The first-order chi connectivity index (χ1) is 19.4. The molecule has 0 aromatic heterocycles. The molecule has 1 aliphatic heterocycles. The van der Waals surface area contributed by atoms with Crippen molar-refractivity contribution < 1.29 is 18.7 Å². The second-order valence-corrected chi connectivity index (χ2v) is 10.3. The summed E-state index contributed by atoms with van der Waals surface area (Å²) in [6, 6.07) is 27.3. The van der Waals surface area contributed by atoms with Crippen LogP contribution in [0.3, 0.4) is 0 Å². The zero-order chi connectivity index (χ0) is 27.8. The fraction of sp³-hybridized carbons (Fsp3) is 0.152. The molecule has 2 atom stereocenters. The molecule has 1 N–H and O–H groups in total. The number of para-hydroxylation sites is 2. The van der Waals surface area contributed by atoms with E-state index in [1.54, 1.807) is 54.5 Å². The number of ketones is 1. The van der Waals surface area contributed by atoms with Crippen LogP contribution in [0.1, 0.15) is 46.3 Å². The van der Waals surface area contributed by atoms with Crippen LogP contribution in [0.5, 0.6) is 5.75 Å². The summed E-state index contributed by atoms with van der Waals surface area (Å²) in [5.74, 6) is -0.185. The third kappa shape index (κ3) is 4.65. The molecule has 0 fully saturated rings. The van der Waals surface area contributed by atoms with E-state index >= 15 is 0 Å². The van der Waals surface area contributed by atoms with Crippen LogP contribution < -0.4 is 15.0 Å². The van der Waals surface area contributed by atoms with E-state index in [-0.39, 0.29) is 29.8 Å². The fourth-order valence-electron chi connectivity index (χ4n) is 5.65. The largest absolute Gasteiger partial charge is 0.497 e. The van der Waals surface area contributed by atoms with E-state index in [9.17, 15) is 14.0 Å². The van der Waals surface area contributed by atoms with Crippen molar-refractivity contribution in [2.24, 2.45) is 0 Å². The number of Topliss-reactive ketones (excluding diaryl/α,β-unsaturated/α-hetero) is 1. The van der Waals surface area contributed by atoms with Gasteiger partial charge >= 0.3 is 0 Å². The van der Waals surface area contributed by atoms with Crippen molar-refractivity contribution in [2.75, 3.05) is 17.3 Å². The lowest BCUT2D eigenvalue weighted by molar-refractivity contribution is -0.116. The number of anilines is 2. The number of hydrogen-bond donors (Lipinski definition) is 1. The molecule has 1 aliphatic carbocycles. The van der Waals surface area contributed by atoms with Crippen molar-refractivity contribution in [1.29, 1.82) is 0 Å². The van der Waals surface area contributed by atoms with E-state index in [1.165, 1.54) is 12.1 Å². The van der Waals surface area contributed by atoms with Crippen LogP contribution in [-0.4, -0.2) is 18.8 Å². The molecule has 0 bridgehead atoms. The Balaban J connectivity index is 1.55. The normalized spacial score (nSPS) is 18.4. The Kier molecular flexibility index (Phi) is 6.86. The summed E-state index contributed by atoms with van der Waals surface area (Å²) in [5, 5.41) is 3.96. The Morgan fingerprint density at radius 3 is 2.35 bits per heavy atom. The predicted molar refractivity (Wildman–Crippen MR) is 154 cm³/mol. The van der Waals surface area contributed by atoms with E-state index in [1.807, 2.05) is 42.5 Å². The predicted octanol–water partition coefficient (Wildman–Crippen LogP) is 7.70. The van der Waals surface area contributed by atoms with Crippen LogP contribution in [0.4, 0.5) is 15.8 Å². The highest BCUT2D eigenvalue weighted by molar-refractivity contribution is 6.31. The summed E-state index contributed by atoms with van der Waals surface area (Å²) >= 11 is 6.77. The number of hydrogen-bond acceptors (Lipinski definition) is 4. The van der Waals surface area contributed by atoms with E-state index in [2.05, 4.69) is 5.32 Å². The summed E-state index contributed by atoms with van der Waals surface area (Å²) < 4.78 is 18.9. The molecule has 0 unspecified atom stereocenters. The first-order valence-corrected chi connectivity index (χ1v) is 13.4. The van der Waals surface area contributed by atoms with Gasteiger partial charge in [-0.2, -0.15) is 0 Å². The lowest BCUT2D eigenvalue weighted by Crippen LogP contribution is -2.38. The molecular formula is C33H26ClFN2O3. The molecule has 4 aromatic carbocycles. The van der Waals surface area contributed by atoms with Gasteiger partial charge in [-0.05, 0) is 78.1 Å². The van der Waals surface area contributed by atoms with Crippen LogP contribution in [0.15, 0.2) is 108 Å². The Labute approximate surface area is 236 Å². The highest BCUT2D eigenvalue weighted by Gasteiger charge is 2.42. The minimum absolute atomic E-state index is 0.0895. The van der Waals surface area contributed by atoms with Gasteiger partial charge in [0.05, 0.1) is 24.5 Å². The topological polar surface area (TPSA) is 58.6 Å². The zero-order valence-electron chi connectivity index (χ0n) is 21.7. The monoisotopic (exact) mass is 552 g/mol. The van der Waals surface area contributed by atoms with Gasteiger partial charge in [-0.1, -0.05) is 54.1 Å². The van der Waals surface area contributed by atoms with Crippen molar-refractivity contribution in [3.05, 3.63) is 136 Å². The number of methoxy groups -OCH3 is 1. The molecule has 4 aromatic rings. The number of ether oxygens (including phenoxy) is 1. The van der Waals surface area contributed by atoms with Crippen LogP contribution in [0.25, 0.3) is 0 Å². The van der Waals surface area contributed by atoms with Crippen LogP contribution in [0.2, 0.25) is 5.02 Å². The van der Waals surface area contributed by atoms with Crippen molar-refractivity contribution >= 4 is 34.7 Å². The summed E-state index contributed by atoms with van der Waals surface area (Å²) in [4.78, 5) is 30.1. The Bertz CT molecular complexity index is 1630. The third-order valence-corrected chi connectivity index (χ3v) is 7.93. The first-order valence-electron chi connectivity index (χ1n) is 13.0. The van der Waals surface area contributed by atoms with Gasteiger partial charge in [0.2, 0.25) is 0 Å².